The topological polar surface area (TPSA) is 87.2 Å². The van der Waals surface area contributed by atoms with Crippen molar-refractivity contribution in [2.75, 3.05) is 26.0 Å². The van der Waals surface area contributed by atoms with Gasteiger partial charge in [0, 0.05) is 44.8 Å². The molecule has 0 atom stereocenters. The van der Waals surface area contributed by atoms with Crippen molar-refractivity contribution in [2.45, 2.75) is 70.2 Å². The molecule has 0 N–H and O–H groups in total. The van der Waals surface area contributed by atoms with Crippen LogP contribution in [0.3, 0.4) is 0 Å². The predicted octanol–water partition coefficient (Wildman–Crippen LogP) is 3.56. The van der Waals surface area contributed by atoms with E-state index in [-0.39, 0.29) is 5.92 Å². The maximum absolute atomic E-state index is 13.8. The summed E-state index contributed by atoms with van der Waals surface area (Å²) in [4.78, 5) is 2.65. The van der Waals surface area contributed by atoms with Crippen LogP contribution >= 0.6 is 0 Å². The summed E-state index contributed by atoms with van der Waals surface area (Å²) in [5.41, 5.74) is 3.94. The van der Waals surface area contributed by atoms with Crippen LogP contribution in [-0.2, 0) is 46.2 Å². The fraction of sp³-hybridized carbons (Fsp3) is 0.556. The van der Waals surface area contributed by atoms with Crippen molar-refractivity contribution < 1.29 is 21.6 Å². The Kier molecular flexibility index (Phi) is 6.94. The van der Waals surface area contributed by atoms with Crippen molar-refractivity contribution >= 4 is 20.0 Å². The fourth-order valence-corrected chi connectivity index (χ4v) is 8.68. The van der Waals surface area contributed by atoms with Crippen LogP contribution in [0.15, 0.2) is 41.3 Å². The molecule has 1 saturated heterocycles. The zero-order valence-electron chi connectivity index (χ0n) is 22.1. The van der Waals surface area contributed by atoms with Gasteiger partial charge >= 0.3 is 0 Å². The van der Waals surface area contributed by atoms with Crippen LogP contribution in [0.1, 0.15) is 55.9 Å². The number of piperidine rings is 1. The average Bonchev–Trinajstić information content (AvgIpc) is 3.36. The second kappa shape index (κ2) is 9.64. The maximum Gasteiger partial charge on any atom is 0.247 e. The first kappa shape index (κ1) is 26.6. The molecule has 37 heavy (non-hydrogen) atoms. The van der Waals surface area contributed by atoms with Gasteiger partial charge in [0.25, 0.3) is 0 Å². The molecule has 3 aliphatic heterocycles. The molecule has 0 bridgehead atoms. The van der Waals surface area contributed by atoms with Crippen molar-refractivity contribution in [1.82, 2.24) is 13.5 Å². The van der Waals surface area contributed by atoms with Crippen LogP contribution in [0.4, 0.5) is 0 Å². The molecule has 10 heteroatoms. The molecular weight excluding hydrogens is 510 g/mol. The van der Waals surface area contributed by atoms with Gasteiger partial charge in [0.1, 0.15) is 10.6 Å². The number of benzene rings is 2. The zero-order chi connectivity index (χ0) is 26.6. The van der Waals surface area contributed by atoms with E-state index in [2.05, 4.69) is 29.2 Å². The van der Waals surface area contributed by atoms with Crippen LogP contribution in [0, 0.1) is 5.92 Å². The molecule has 2 aromatic rings. The molecule has 5 rings (SSSR count). The van der Waals surface area contributed by atoms with Gasteiger partial charge in [-0.15, -0.1) is 0 Å². The lowest BCUT2D eigenvalue weighted by Crippen LogP contribution is -2.41. The van der Waals surface area contributed by atoms with Crippen molar-refractivity contribution in [2.24, 2.45) is 5.92 Å². The maximum atomic E-state index is 13.8. The highest BCUT2D eigenvalue weighted by Crippen LogP contribution is 2.43. The summed E-state index contributed by atoms with van der Waals surface area (Å²) in [6.45, 7) is 9.79. The zero-order valence-corrected chi connectivity index (χ0v) is 23.7. The number of nitrogens with zero attached hydrogens (tertiary/aromatic N) is 3. The van der Waals surface area contributed by atoms with E-state index in [1.807, 2.05) is 32.9 Å². The molecule has 8 nitrogen and oxygen atoms in total. The number of hydrogen-bond donors (Lipinski definition) is 0. The smallest absolute Gasteiger partial charge is 0.247 e. The van der Waals surface area contributed by atoms with E-state index in [0.29, 0.717) is 56.3 Å². The van der Waals surface area contributed by atoms with Gasteiger partial charge in [-0.25, -0.2) is 21.1 Å². The minimum absolute atomic E-state index is 0.180. The van der Waals surface area contributed by atoms with Gasteiger partial charge in [-0.1, -0.05) is 30.3 Å². The molecule has 2 aromatic carbocycles. The van der Waals surface area contributed by atoms with Crippen LogP contribution in [0.2, 0.25) is 0 Å². The van der Waals surface area contributed by atoms with Crippen molar-refractivity contribution in [1.29, 1.82) is 0 Å². The van der Waals surface area contributed by atoms with Gasteiger partial charge in [-0.3, -0.25) is 4.90 Å². The third-order valence-electron chi connectivity index (χ3n) is 7.74. The molecule has 3 aliphatic rings. The minimum Gasteiger partial charge on any atom is -0.492 e. The Morgan fingerprint density at radius 1 is 0.973 bits per heavy atom. The Hall–Kier alpha value is -1.98. The third kappa shape index (κ3) is 5.31. The summed E-state index contributed by atoms with van der Waals surface area (Å²) in [6, 6.07) is 12.3. The van der Waals surface area contributed by atoms with Gasteiger partial charge in [0.05, 0.1) is 12.9 Å². The Bertz CT molecular complexity index is 1370. The van der Waals surface area contributed by atoms with E-state index in [9.17, 15) is 16.8 Å². The third-order valence-corrected chi connectivity index (χ3v) is 11.3. The van der Waals surface area contributed by atoms with E-state index in [1.165, 1.54) is 21.7 Å². The lowest BCUT2D eigenvalue weighted by molar-refractivity contribution is 0.182. The Morgan fingerprint density at radius 3 is 2.16 bits per heavy atom. The SMILES string of the molecule is CC(C)(C)N1Cc2c(CN3Cc4ccccc4C3)ccc(OCC3CCN(S(C)(=O)=O)CC3)c2S1(=O)=O. The van der Waals surface area contributed by atoms with E-state index in [4.69, 9.17) is 4.74 Å². The highest BCUT2D eigenvalue weighted by atomic mass is 32.2. The number of fused-ring (bicyclic) bond motifs is 2. The Labute approximate surface area is 221 Å². The standard InChI is InChI=1S/C27H37N3O5S2/c1-27(2,3)30-18-24-23(17-28-15-21-7-5-6-8-22(21)16-28)9-10-25(26(24)37(30,33)34)35-19-20-11-13-29(14-12-20)36(4,31)32/h5-10,20H,11-19H2,1-4H3. The van der Waals surface area contributed by atoms with Gasteiger partial charge in [-0.05, 0) is 67.9 Å². The molecule has 0 aromatic heterocycles. The second-order valence-electron chi connectivity index (χ2n) is 11.5. The molecule has 3 heterocycles. The monoisotopic (exact) mass is 547 g/mol. The summed E-state index contributed by atoms with van der Waals surface area (Å²) in [7, 11) is -6.91. The summed E-state index contributed by atoms with van der Waals surface area (Å²) in [6.07, 6.45) is 2.63. The van der Waals surface area contributed by atoms with E-state index < -0.39 is 25.6 Å². The molecule has 0 radical (unpaired) electrons. The quantitative estimate of drug-likeness (QED) is 0.550. The first-order valence-electron chi connectivity index (χ1n) is 12.9. The molecule has 0 spiro atoms. The van der Waals surface area contributed by atoms with Crippen LogP contribution in [0.25, 0.3) is 0 Å². The Balaban J connectivity index is 1.38. The van der Waals surface area contributed by atoms with Crippen molar-refractivity contribution in [3.63, 3.8) is 0 Å². The Morgan fingerprint density at radius 2 is 1.59 bits per heavy atom. The van der Waals surface area contributed by atoms with Gasteiger partial charge in [-0.2, -0.15) is 4.31 Å². The first-order valence-corrected chi connectivity index (χ1v) is 16.2. The van der Waals surface area contributed by atoms with Crippen LogP contribution in [0.5, 0.6) is 5.75 Å². The van der Waals surface area contributed by atoms with Crippen molar-refractivity contribution in [3.8, 4) is 5.75 Å². The lowest BCUT2D eigenvalue weighted by atomic mass is 9.99. The number of ether oxygens (including phenoxy) is 1. The summed E-state index contributed by atoms with van der Waals surface area (Å²) in [5.74, 6) is 0.583. The summed E-state index contributed by atoms with van der Waals surface area (Å²) in [5, 5.41) is 0. The molecular formula is C27H37N3O5S2. The molecule has 1 fully saturated rings. The molecule has 0 aliphatic carbocycles. The van der Waals surface area contributed by atoms with E-state index in [0.717, 1.165) is 24.2 Å². The molecule has 0 saturated carbocycles. The molecule has 0 unspecified atom stereocenters. The first-order chi connectivity index (χ1) is 17.3. The highest BCUT2D eigenvalue weighted by molar-refractivity contribution is 7.89. The number of rotatable bonds is 6. The van der Waals surface area contributed by atoms with E-state index in [1.54, 1.807) is 4.31 Å². The highest BCUT2D eigenvalue weighted by Gasteiger charge is 2.44. The summed E-state index contributed by atoms with van der Waals surface area (Å²) >= 11 is 0. The number of sulfonamides is 2. The van der Waals surface area contributed by atoms with Crippen LogP contribution in [-0.4, -0.2) is 61.8 Å². The number of hydrogen-bond acceptors (Lipinski definition) is 6. The fourth-order valence-electron chi connectivity index (χ4n) is 5.67. The lowest BCUT2D eigenvalue weighted by Gasteiger charge is -2.30. The molecule has 0 amide bonds. The average molecular weight is 548 g/mol. The van der Waals surface area contributed by atoms with Gasteiger partial charge in [0.2, 0.25) is 20.0 Å². The van der Waals surface area contributed by atoms with Crippen molar-refractivity contribution in [3.05, 3.63) is 58.7 Å². The predicted molar refractivity (Wildman–Crippen MR) is 143 cm³/mol. The second-order valence-corrected chi connectivity index (χ2v) is 15.3. The van der Waals surface area contributed by atoms with E-state index >= 15 is 0 Å². The normalized spacial score (nSPS) is 21.2. The van der Waals surface area contributed by atoms with Crippen LogP contribution < -0.4 is 4.74 Å². The molecule has 202 valence electrons. The van der Waals surface area contributed by atoms with Gasteiger partial charge < -0.3 is 4.74 Å². The largest absolute Gasteiger partial charge is 0.492 e. The summed E-state index contributed by atoms with van der Waals surface area (Å²) < 4.78 is 60.5. The minimum atomic E-state index is -3.72. The van der Waals surface area contributed by atoms with Gasteiger partial charge in [0.15, 0.2) is 0 Å².